The summed E-state index contributed by atoms with van der Waals surface area (Å²) in [7, 11) is 0. The Morgan fingerprint density at radius 1 is 1.00 bits per heavy atom. The van der Waals surface area contributed by atoms with Gasteiger partial charge in [0.05, 0.1) is 0 Å². The molecule has 0 aliphatic carbocycles. The van der Waals surface area contributed by atoms with Crippen LogP contribution in [0.1, 0.15) is 33.1 Å². The molecule has 2 heterocycles. The van der Waals surface area contributed by atoms with Crippen LogP contribution < -0.4 is 10.9 Å². The molecule has 2 aromatic carbocycles. The Kier molecular flexibility index (Phi) is 5.80. The largest absolute Gasteiger partial charge is 0.431 e. The van der Waals surface area contributed by atoms with Crippen molar-refractivity contribution in [2.75, 3.05) is 6.54 Å². The predicted octanol–water partition coefficient (Wildman–Crippen LogP) is 5.09. The van der Waals surface area contributed by atoms with Gasteiger partial charge in [0.25, 0.3) is 11.5 Å². The molecule has 0 fully saturated rings. The smallest absolute Gasteiger partial charge is 0.361 e. The van der Waals surface area contributed by atoms with Crippen molar-refractivity contribution in [2.24, 2.45) is 0 Å². The zero-order chi connectivity index (χ0) is 22.9. The average Bonchev–Trinajstić information content (AvgIpc) is 3.18. The number of nitrogens with one attached hydrogen (secondary N) is 3. The maximum atomic E-state index is 12.8. The lowest BCUT2D eigenvalue weighted by molar-refractivity contribution is -0.141. The normalized spacial score (nSPS) is 12.6. The molecule has 0 saturated heterocycles. The molecule has 5 nitrogen and oxygen atoms in total. The van der Waals surface area contributed by atoms with Gasteiger partial charge < -0.3 is 15.3 Å². The summed E-state index contributed by atoms with van der Waals surface area (Å²) in [6.45, 7) is 0.0743. The lowest BCUT2D eigenvalue weighted by Crippen LogP contribution is -2.33. The molecule has 32 heavy (non-hydrogen) atoms. The minimum absolute atomic E-state index is 0.0743. The third kappa shape index (κ3) is 4.27. The number of amides is 1. The summed E-state index contributed by atoms with van der Waals surface area (Å²) >= 11 is 6.42. The van der Waals surface area contributed by atoms with Crippen molar-refractivity contribution in [3.05, 3.63) is 105 Å². The fourth-order valence-corrected chi connectivity index (χ4v) is 3.90. The number of fused-ring (bicyclic) bond motifs is 1. The highest BCUT2D eigenvalue weighted by Gasteiger charge is 2.32. The van der Waals surface area contributed by atoms with Gasteiger partial charge in [0.15, 0.2) is 0 Å². The molecule has 4 aromatic rings. The third-order valence-electron chi connectivity index (χ3n) is 5.20. The van der Waals surface area contributed by atoms with Crippen LogP contribution in [0.4, 0.5) is 13.2 Å². The van der Waals surface area contributed by atoms with Gasteiger partial charge in [-0.25, -0.2) is 0 Å². The van der Waals surface area contributed by atoms with E-state index in [4.69, 9.17) is 11.6 Å². The van der Waals surface area contributed by atoms with Crippen molar-refractivity contribution in [3.63, 3.8) is 0 Å². The van der Waals surface area contributed by atoms with Gasteiger partial charge in [0, 0.05) is 34.6 Å². The molecule has 0 unspecified atom stereocenters. The standard InChI is InChI=1S/C23H17ClF3N3O2/c24-18-7-3-1-5-13(18)16(17-11-28-19-8-4-2-6-14(17)19)12-29-21(31)15-9-10-20(23(25,26)27)30-22(15)32/h1-11,16,28H,12H2,(H,29,31)(H,30,32)/t16-/m0/s1. The van der Waals surface area contributed by atoms with Crippen LogP contribution in [0, 0.1) is 0 Å². The van der Waals surface area contributed by atoms with Gasteiger partial charge in [0.2, 0.25) is 0 Å². The molecule has 1 amide bonds. The van der Waals surface area contributed by atoms with Crippen LogP contribution in [0.2, 0.25) is 5.02 Å². The molecule has 4 rings (SSSR count). The van der Waals surface area contributed by atoms with Crippen molar-refractivity contribution in [2.45, 2.75) is 12.1 Å². The fourth-order valence-electron chi connectivity index (χ4n) is 3.64. The molecule has 1 atom stereocenters. The molecule has 164 valence electrons. The average molecular weight is 460 g/mol. The highest BCUT2D eigenvalue weighted by atomic mass is 35.5. The second kappa shape index (κ2) is 8.55. The van der Waals surface area contributed by atoms with Crippen LogP contribution in [0.5, 0.6) is 0 Å². The van der Waals surface area contributed by atoms with Crippen molar-refractivity contribution < 1.29 is 18.0 Å². The first kappa shape index (κ1) is 21.7. The monoisotopic (exact) mass is 459 g/mol. The Morgan fingerprint density at radius 2 is 1.72 bits per heavy atom. The van der Waals surface area contributed by atoms with Gasteiger partial charge in [-0.2, -0.15) is 13.2 Å². The molecule has 0 radical (unpaired) electrons. The number of aromatic nitrogens is 2. The number of H-pyrrole nitrogens is 2. The van der Waals surface area contributed by atoms with E-state index < -0.39 is 28.9 Å². The van der Waals surface area contributed by atoms with Gasteiger partial charge in [-0.05, 0) is 35.4 Å². The highest BCUT2D eigenvalue weighted by molar-refractivity contribution is 6.31. The number of benzene rings is 2. The summed E-state index contributed by atoms with van der Waals surface area (Å²) < 4.78 is 38.3. The number of hydrogen-bond acceptors (Lipinski definition) is 2. The number of carbonyl (C=O) groups excluding carboxylic acids is 1. The van der Waals surface area contributed by atoms with Crippen LogP contribution in [0.3, 0.4) is 0 Å². The van der Waals surface area contributed by atoms with E-state index in [0.29, 0.717) is 11.1 Å². The number of para-hydroxylation sites is 1. The van der Waals surface area contributed by atoms with E-state index in [1.54, 1.807) is 17.1 Å². The second-order valence-electron chi connectivity index (χ2n) is 7.19. The molecule has 0 spiro atoms. The second-order valence-corrected chi connectivity index (χ2v) is 7.59. The molecule has 9 heteroatoms. The summed E-state index contributed by atoms with van der Waals surface area (Å²) in [6, 6.07) is 16.4. The number of hydrogen-bond donors (Lipinski definition) is 3. The molecular weight excluding hydrogens is 443 g/mol. The molecule has 3 N–H and O–H groups in total. The minimum atomic E-state index is -4.71. The van der Waals surface area contributed by atoms with Gasteiger partial charge in [0.1, 0.15) is 11.3 Å². The Balaban J connectivity index is 1.65. The van der Waals surface area contributed by atoms with Gasteiger partial charge >= 0.3 is 6.18 Å². The highest BCUT2D eigenvalue weighted by Crippen LogP contribution is 2.34. The quantitative estimate of drug-likeness (QED) is 0.389. The Hall–Kier alpha value is -3.52. The molecule has 2 aromatic heterocycles. The zero-order valence-corrected chi connectivity index (χ0v) is 17.2. The Bertz CT molecular complexity index is 1340. The number of halogens is 4. The van der Waals surface area contributed by atoms with Crippen LogP contribution in [0.15, 0.2) is 71.7 Å². The number of rotatable bonds is 5. The number of carbonyl (C=O) groups is 1. The number of pyridine rings is 1. The topological polar surface area (TPSA) is 77.8 Å². The number of alkyl halides is 3. The summed E-state index contributed by atoms with van der Waals surface area (Å²) in [4.78, 5) is 29.6. The lowest BCUT2D eigenvalue weighted by Gasteiger charge is -2.19. The molecule has 0 aliphatic heterocycles. The van der Waals surface area contributed by atoms with Gasteiger partial charge in [-0.3, -0.25) is 9.59 Å². The molecule has 0 bridgehead atoms. The van der Waals surface area contributed by atoms with Crippen LogP contribution in [-0.4, -0.2) is 22.4 Å². The van der Waals surface area contributed by atoms with E-state index in [9.17, 15) is 22.8 Å². The summed E-state index contributed by atoms with van der Waals surface area (Å²) in [5.41, 5.74) is -0.179. The van der Waals surface area contributed by atoms with E-state index in [1.165, 1.54) is 0 Å². The van der Waals surface area contributed by atoms with Gasteiger partial charge in [-0.15, -0.1) is 0 Å². The molecule has 0 aliphatic rings. The van der Waals surface area contributed by atoms with Crippen LogP contribution in [0.25, 0.3) is 10.9 Å². The van der Waals surface area contributed by atoms with Crippen molar-refractivity contribution >= 4 is 28.4 Å². The Morgan fingerprint density at radius 3 is 2.44 bits per heavy atom. The fraction of sp³-hybridized carbons (Fsp3) is 0.130. The van der Waals surface area contributed by atoms with E-state index in [2.05, 4.69) is 10.3 Å². The maximum Gasteiger partial charge on any atom is 0.431 e. The predicted molar refractivity (Wildman–Crippen MR) is 116 cm³/mol. The first-order valence-electron chi connectivity index (χ1n) is 9.65. The first-order chi connectivity index (χ1) is 15.3. The molecular formula is C23H17ClF3N3O2. The van der Waals surface area contributed by atoms with Crippen molar-refractivity contribution in [3.8, 4) is 0 Å². The van der Waals surface area contributed by atoms with Gasteiger partial charge in [-0.1, -0.05) is 48.0 Å². The molecule has 0 saturated carbocycles. The number of aromatic amines is 2. The first-order valence-corrected chi connectivity index (χ1v) is 10.0. The van der Waals surface area contributed by atoms with E-state index in [-0.39, 0.29) is 12.5 Å². The van der Waals surface area contributed by atoms with E-state index in [1.807, 2.05) is 42.6 Å². The lowest BCUT2D eigenvalue weighted by atomic mass is 9.90. The minimum Gasteiger partial charge on any atom is -0.361 e. The summed E-state index contributed by atoms with van der Waals surface area (Å²) in [5, 5.41) is 4.11. The summed E-state index contributed by atoms with van der Waals surface area (Å²) in [6.07, 6.45) is -2.88. The van der Waals surface area contributed by atoms with E-state index in [0.717, 1.165) is 28.1 Å². The maximum absolute atomic E-state index is 12.8. The van der Waals surface area contributed by atoms with Crippen LogP contribution >= 0.6 is 11.6 Å². The van der Waals surface area contributed by atoms with Crippen LogP contribution in [-0.2, 0) is 6.18 Å². The Labute approximate surface area is 185 Å². The third-order valence-corrected chi connectivity index (χ3v) is 5.55. The van der Waals surface area contributed by atoms with Crippen molar-refractivity contribution in [1.82, 2.24) is 15.3 Å². The zero-order valence-electron chi connectivity index (χ0n) is 16.5. The summed E-state index contributed by atoms with van der Waals surface area (Å²) in [5.74, 6) is -1.14. The SMILES string of the molecule is O=C(NC[C@@H](c1ccccc1Cl)c1c[nH]c2ccccc12)c1ccc(C(F)(F)F)[nH]c1=O. The van der Waals surface area contributed by atoms with E-state index >= 15 is 0 Å². The van der Waals surface area contributed by atoms with Crippen molar-refractivity contribution in [1.29, 1.82) is 0 Å².